The Labute approximate surface area is 120 Å². The fourth-order valence-electron chi connectivity index (χ4n) is 2.12. The van der Waals surface area contributed by atoms with Crippen LogP contribution in [0.25, 0.3) is 11.3 Å². The first-order valence-electron chi connectivity index (χ1n) is 6.44. The molecule has 0 saturated heterocycles. The number of H-pyrrole nitrogens is 1. The van der Waals surface area contributed by atoms with E-state index in [1.165, 1.54) is 12.1 Å². The van der Waals surface area contributed by atoms with E-state index < -0.39 is 0 Å². The largest absolute Gasteiger partial charge is 0.310 e. The standard InChI is InChI=1S/C15H13FN4O/c1-20-9-11(8-17-20)13-7-15(21)19-14(18-13)6-10-4-2-3-5-12(10)16/h2-5,7-9H,6H2,1H3,(H,18,19,21). The Kier molecular flexibility index (Phi) is 3.35. The minimum Gasteiger partial charge on any atom is -0.310 e. The van der Waals surface area contributed by atoms with E-state index in [9.17, 15) is 9.18 Å². The SMILES string of the molecule is Cn1cc(-c2cc(=O)[nH]c(Cc3ccccc3F)n2)cn1. The van der Waals surface area contributed by atoms with E-state index in [0.717, 1.165) is 5.56 Å². The maximum Gasteiger partial charge on any atom is 0.251 e. The molecule has 0 bridgehead atoms. The van der Waals surface area contributed by atoms with E-state index >= 15 is 0 Å². The van der Waals surface area contributed by atoms with Crippen molar-refractivity contribution in [2.24, 2.45) is 7.05 Å². The molecule has 0 radical (unpaired) electrons. The Morgan fingerprint density at radius 3 is 2.86 bits per heavy atom. The quantitative estimate of drug-likeness (QED) is 0.799. The van der Waals surface area contributed by atoms with Crippen molar-refractivity contribution in [3.63, 3.8) is 0 Å². The molecule has 0 spiro atoms. The Morgan fingerprint density at radius 2 is 2.14 bits per heavy atom. The van der Waals surface area contributed by atoms with Gasteiger partial charge in [0.1, 0.15) is 11.6 Å². The predicted octanol–water partition coefficient (Wildman–Crippen LogP) is 1.90. The molecule has 106 valence electrons. The maximum atomic E-state index is 13.7. The summed E-state index contributed by atoms with van der Waals surface area (Å²) in [6.45, 7) is 0. The van der Waals surface area contributed by atoms with Crippen LogP contribution >= 0.6 is 0 Å². The summed E-state index contributed by atoms with van der Waals surface area (Å²) in [5.41, 5.74) is 1.50. The van der Waals surface area contributed by atoms with Gasteiger partial charge in [0.25, 0.3) is 5.56 Å². The van der Waals surface area contributed by atoms with Crippen molar-refractivity contribution in [2.75, 3.05) is 0 Å². The number of benzene rings is 1. The van der Waals surface area contributed by atoms with Crippen LogP contribution < -0.4 is 5.56 Å². The smallest absolute Gasteiger partial charge is 0.251 e. The summed E-state index contributed by atoms with van der Waals surface area (Å²) in [6, 6.07) is 7.84. The summed E-state index contributed by atoms with van der Waals surface area (Å²) >= 11 is 0. The molecule has 21 heavy (non-hydrogen) atoms. The van der Waals surface area contributed by atoms with Gasteiger partial charge in [-0.2, -0.15) is 5.10 Å². The maximum absolute atomic E-state index is 13.7. The number of aryl methyl sites for hydroxylation is 1. The topological polar surface area (TPSA) is 63.6 Å². The lowest BCUT2D eigenvalue weighted by Crippen LogP contribution is -2.11. The average molecular weight is 284 g/mol. The van der Waals surface area contributed by atoms with Gasteiger partial charge in [-0.1, -0.05) is 18.2 Å². The molecule has 3 aromatic rings. The lowest BCUT2D eigenvalue weighted by molar-refractivity contribution is 0.612. The third-order valence-corrected chi connectivity index (χ3v) is 3.11. The van der Waals surface area contributed by atoms with Crippen molar-refractivity contribution in [3.8, 4) is 11.3 Å². The number of nitrogens with one attached hydrogen (secondary N) is 1. The van der Waals surface area contributed by atoms with Crippen molar-refractivity contribution in [2.45, 2.75) is 6.42 Å². The highest BCUT2D eigenvalue weighted by Crippen LogP contribution is 2.15. The van der Waals surface area contributed by atoms with Gasteiger partial charge >= 0.3 is 0 Å². The molecule has 1 N–H and O–H groups in total. The van der Waals surface area contributed by atoms with E-state index in [1.807, 2.05) is 0 Å². The van der Waals surface area contributed by atoms with Crippen LogP contribution in [0.5, 0.6) is 0 Å². The summed E-state index contributed by atoms with van der Waals surface area (Å²) in [7, 11) is 1.79. The lowest BCUT2D eigenvalue weighted by atomic mass is 10.1. The van der Waals surface area contributed by atoms with Crippen molar-refractivity contribution in [3.05, 3.63) is 70.3 Å². The fourth-order valence-corrected chi connectivity index (χ4v) is 2.12. The van der Waals surface area contributed by atoms with Gasteiger partial charge in [0, 0.05) is 31.3 Å². The Bertz CT molecular complexity index is 837. The van der Waals surface area contributed by atoms with Crippen LogP contribution in [0.15, 0.2) is 47.5 Å². The molecule has 0 saturated carbocycles. The summed E-state index contributed by atoms with van der Waals surface area (Å²) in [5.74, 6) is 0.110. The second-order valence-electron chi connectivity index (χ2n) is 4.75. The van der Waals surface area contributed by atoms with E-state index in [1.54, 1.807) is 42.3 Å². The normalized spacial score (nSPS) is 10.8. The minimum atomic E-state index is -0.313. The Hall–Kier alpha value is -2.76. The van der Waals surface area contributed by atoms with Gasteiger partial charge < -0.3 is 4.98 Å². The first-order valence-corrected chi connectivity index (χ1v) is 6.44. The average Bonchev–Trinajstić information content (AvgIpc) is 2.88. The summed E-state index contributed by atoms with van der Waals surface area (Å²) in [6.07, 6.45) is 3.64. The molecule has 0 unspecified atom stereocenters. The first kappa shape index (κ1) is 13.2. The van der Waals surface area contributed by atoms with Crippen LogP contribution in [-0.4, -0.2) is 19.7 Å². The molecule has 0 aliphatic heterocycles. The molecule has 0 amide bonds. The molecule has 6 heteroatoms. The second-order valence-corrected chi connectivity index (χ2v) is 4.75. The van der Waals surface area contributed by atoms with Crippen LogP contribution in [0.3, 0.4) is 0 Å². The minimum absolute atomic E-state index is 0.232. The summed E-state index contributed by atoms with van der Waals surface area (Å²) in [5, 5.41) is 4.05. The number of aromatic amines is 1. The molecule has 0 aliphatic rings. The highest BCUT2D eigenvalue weighted by Gasteiger charge is 2.08. The number of hydrogen-bond acceptors (Lipinski definition) is 3. The highest BCUT2D eigenvalue weighted by atomic mass is 19.1. The van der Waals surface area contributed by atoms with Gasteiger partial charge in [-0.25, -0.2) is 9.37 Å². The molecule has 2 aromatic heterocycles. The fraction of sp³-hybridized carbons (Fsp3) is 0.133. The Balaban J connectivity index is 1.99. The van der Waals surface area contributed by atoms with Crippen LogP contribution in [0.4, 0.5) is 4.39 Å². The van der Waals surface area contributed by atoms with Crippen molar-refractivity contribution in [1.82, 2.24) is 19.7 Å². The zero-order valence-corrected chi connectivity index (χ0v) is 11.4. The highest BCUT2D eigenvalue weighted by molar-refractivity contribution is 5.56. The van der Waals surface area contributed by atoms with Gasteiger partial charge in [0.15, 0.2) is 0 Å². The molecule has 0 fully saturated rings. The number of halogens is 1. The second kappa shape index (κ2) is 5.32. The molecular weight excluding hydrogens is 271 g/mol. The number of aromatic nitrogens is 4. The van der Waals surface area contributed by atoms with Crippen LogP contribution in [0.2, 0.25) is 0 Å². The van der Waals surface area contributed by atoms with Crippen molar-refractivity contribution >= 4 is 0 Å². The van der Waals surface area contributed by atoms with E-state index in [4.69, 9.17) is 0 Å². The zero-order chi connectivity index (χ0) is 14.8. The number of rotatable bonds is 3. The predicted molar refractivity (Wildman–Crippen MR) is 76.3 cm³/mol. The van der Waals surface area contributed by atoms with Crippen LogP contribution in [-0.2, 0) is 13.5 Å². The number of hydrogen-bond donors (Lipinski definition) is 1. The van der Waals surface area contributed by atoms with Crippen LogP contribution in [0.1, 0.15) is 11.4 Å². The van der Waals surface area contributed by atoms with Crippen LogP contribution in [0, 0.1) is 5.82 Å². The number of nitrogens with zero attached hydrogens (tertiary/aromatic N) is 3. The molecule has 1 aromatic carbocycles. The van der Waals surface area contributed by atoms with Gasteiger partial charge in [0.05, 0.1) is 11.9 Å². The molecule has 5 nitrogen and oxygen atoms in total. The molecular formula is C15H13FN4O. The Morgan fingerprint density at radius 1 is 1.33 bits per heavy atom. The van der Waals surface area contributed by atoms with Crippen molar-refractivity contribution < 1.29 is 4.39 Å². The van der Waals surface area contributed by atoms with Gasteiger partial charge in [-0.15, -0.1) is 0 Å². The lowest BCUT2D eigenvalue weighted by Gasteiger charge is -2.04. The molecule has 0 atom stereocenters. The van der Waals surface area contributed by atoms with E-state index in [0.29, 0.717) is 17.1 Å². The molecule has 0 aliphatic carbocycles. The van der Waals surface area contributed by atoms with Gasteiger partial charge in [0.2, 0.25) is 0 Å². The molecule has 3 rings (SSSR count). The van der Waals surface area contributed by atoms with E-state index in [2.05, 4.69) is 15.1 Å². The summed E-state index contributed by atoms with van der Waals surface area (Å²) in [4.78, 5) is 18.8. The third-order valence-electron chi connectivity index (χ3n) is 3.11. The zero-order valence-electron chi connectivity index (χ0n) is 11.4. The van der Waals surface area contributed by atoms with E-state index in [-0.39, 0.29) is 17.8 Å². The van der Waals surface area contributed by atoms with Gasteiger partial charge in [-0.05, 0) is 11.6 Å². The van der Waals surface area contributed by atoms with Crippen molar-refractivity contribution in [1.29, 1.82) is 0 Å². The molecule has 2 heterocycles. The third kappa shape index (κ3) is 2.89. The first-order chi connectivity index (χ1) is 10.1. The van der Waals surface area contributed by atoms with Gasteiger partial charge in [-0.3, -0.25) is 9.48 Å². The summed E-state index contributed by atoms with van der Waals surface area (Å²) < 4.78 is 15.3. The monoisotopic (exact) mass is 284 g/mol.